The van der Waals surface area contributed by atoms with Gasteiger partial charge in [-0.05, 0) is 26.3 Å². The number of hydrogen-bond acceptors (Lipinski definition) is 4. The van der Waals surface area contributed by atoms with Crippen LogP contribution in [-0.4, -0.2) is 28.1 Å². The van der Waals surface area contributed by atoms with Crippen LogP contribution in [0, 0.1) is 10.1 Å². The van der Waals surface area contributed by atoms with Gasteiger partial charge in [-0.3, -0.25) is 10.1 Å². The lowest BCUT2D eigenvalue weighted by atomic mass is 10.2. The van der Waals surface area contributed by atoms with E-state index in [2.05, 4.69) is 6.58 Å². The molecule has 0 bridgehead atoms. The van der Waals surface area contributed by atoms with Crippen molar-refractivity contribution in [2.45, 2.75) is 32.9 Å². The Hall–Kier alpha value is -2.37. The molecule has 0 unspecified atom stereocenters. The summed E-state index contributed by atoms with van der Waals surface area (Å²) in [5, 5.41) is 10.8. The molecule has 21 heavy (non-hydrogen) atoms. The molecule has 114 valence electrons. The van der Waals surface area contributed by atoms with Gasteiger partial charge in [-0.15, -0.1) is 6.58 Å². The van der Waals surface area contributed by atoms with Crippen molar-refractivity contribution >= 4 is 11.8 Å². The molecule has 0 saturated heterocycles. The molecule has 0 atom stereocenters. The van der Waals surface area contributed by atoms with Crippen LogP contribution in [0.1, 0.15) is 26.3 Å². The molecule has 0 saturated carbocycles. The third kappa shape index (κ3) is 5.64. The number of nitrogens with zero attached hydrogens (tertiary/aromatic N) is 2. The molecular formula is C15H20N2O4. The van der Waals surface area contributed by atoms with Crippen LogP contribution < -0.4 is 0 Å². The Morgan fingerprint density at radius 1 is 1.48 bits per heavy atom. The number of ether oxygens (including phenoxy) is 1. The summed E-state index contributed by atoms with van der Waals surface area (Å²) in [6.45, 7) is 9.48. The van der Waals surface area contributed by atoms with Gasteiger partial charge in [-0.2, -0.15) is 0 Å². The first-order valence-electron chi connectivity index (χ1n) is 6.55. The predicted molar refractivity (Wildman–Crippen MR) is 79.9 cm³/mol. The molecule has 6 nitrogen and oxygen atoms in total. The lowest BCUT2D eigenvalue weighted by molar-refractivity contribution is -0.384. The zero-order valence-electron chi connectivity index (χ0n) is 12.5. The quantitative estimate of drug-likeness (QED) is 0.473. The van der Waals surface area contributed by atoms with E-state index >= 15 is 0 Å². The van der Waals surface area contributed by atoms with Gasteiger partial charge in [0.2, 0.25) is 0 Å². The fraction of sp³-hybridized carbons (Fsp3) is 0.400. The zero-order chi connectivity index (χ0) is 16.0. The minimum atomic E-state index is -0.598. The van der Waals surface area contributed by atoms with Gasteiger partial charge in [0.05, 0.1) is 4.92 Å². The Balaban J connectivity index is 2.87. The van der Waals surface area contributed by atoms with Gasteiger partial charge < -0.3 is 9.64 Å². The minimum absolute atomic E-state index is 0.00441. The largest absolute Gasteiger partial charge is 0.444 e. The van der Waals surface area contributed by atoms with Gasteiger partial charge in [0.1, 0.15) is 5.60 Å². The van der Waals surface area contributed by atoms with Crippen LogP contribution in [0.15, 0.2) is 36.9 Å². The summed E-state index contributed by atoms with van der Waals surface area (Å²) in [7, 11) is 0. The Morgan fingerprint density at radius 3 is 2.67 bits per heavy atom. The minimum Gasteiger partial charge on any atom is -0.444 e. The maximum absolute atomic E-state index is 12.1. The maximum Gasteiger partial charge on any atom is 0.410 e. The highest BCUT2D eigenvalue weighted by Crippen LogP contribution is 2.16. The van der Waals surface area contributed by atoms with Gasteiger partial charge in [-0.1, -0.05) is 18.2 Å². The van der Waals surface area contributed by atoms with E-state index in [-0.39, 0.29) is 12.2 Å². The first-order chi connectivity index (χ1) is 9.73. The number of nitro benzene ring substituents is 1. The molecule has 0 aliphatic carbocycles. The molecule has 1 rings (SSSR count). The van der Waals surface area contributed by atoms with Crippen LogP contribution in [0.4, 0.5) is 10.5 Å². The van der Waals surface area contributed by atoms with E-state index in [0.717, 1.165) is 0 Å². The lowest BCUT2D eigenvalue weighted by Crippen LogP contribution is -2.36. The standard InChI is InChI=1S/C15H20N2O4/c1-5-9-16(14(18)21-15(2,3)4)11-12-7-6-8-13(10-12)17(19)20/h5-8,10H,1,9,11H2,2-4H3. The monoisotopic (exact) mass is 292 g/mol. The molecule has 0 fully saturated rings. The molecular weight excluding hydrogens is 272 g/mol. The number of rotatable bonds is 5. The molecule has 0 aromatic heterocycles. The molecule has 0 heterocycles. The molecule has 0 radical (unpaired) electrons. The third-order valence-corrected chi connectivity index (χ3v) is 2.50. The van der Waals surface area contributed by atoms with Crippen LogP contribution >= 0.6 is 0 Å². The third-order valence-electron chi connectivity index (χ3n) is 2.50. The number of carbonyl (C=O) groups is 1. The van der Waals surface area contributed by atoms with Gasteiger partial charge >= 0.3 is 6.09 Å². The van der Waals surface area contributed by atoms with Gasteiger partial charge in [0.15, 0.2) is 0 Å². The van der Waals surface area contributed by atoms with Crippen molar-refractivity contribution in [2.75, 3.05) is 6.54 Å². The predicted octanol–water partition coefficient (Wildman–Crippen LogP) is 3.52. The van der Waals surface area contributed by atoms with Crippen molar-refractivity contribution in [1.82, 2.24) is 4.90 Å². The first kappa shape index (κ1) is 16.7. The van der Waals surface area contributed by atoms with Crippen LogP contribution in [0.3, 0.4) is 0 Å². The topological polar surface area (TPSA) is 72.7 Å². The van der Waals surface area contributed by atoms with Crippen molar-refractivity contribution in [3.63, 3.8) is 0 Å². The maximum atomic E-state index is 12.1. The molecule has 0 aliphatic rings. The van der Waals surface area contributed by atoms with E-state index in [9.17, 15) is 14.9 Å². The fourth-order valence-electron chi connectivity index (χ4n) is 1.67. The number of benzene rings is 1. The van der Waals surface area contributed by atoms with Crippen molar-refractivity contribution in [2.24, 2.45) is 0 Å². The van der Waals surface area contributed by atoms with Gasteiger partial charge in [-0.25, -0.2) is 4.79 Å². The van der Waals surface area contributed by atoms with Gasteiger partial charge in [0.25, 0.3) is 5.69 Å². The molecule has 1 aromatic carbocycles. The highest BCUT2D eigenvalue weighted by molar-refractivity contribution is 5.68. The normalized spacial score (nSPS) is 10.8. The molecule has 1 aromatic rings. The Bertz CT molecular complexity index is 535. The highest BCUT2D eigenvalue weighted by atomic mass is 16.6. The van der Waals surface area contributed by atoms with Crippen molar-refractivity contribution in [3.05, 3.63) is 52.6 Å². The molecule has 0 spiro atoms. The second-order valence-electron chi connectivity index (χ2n) is 5.58. The Morgan fingerprint density at radius 2 is 2.14 bits per heavy atom. The van der Waals surface area contributed by atoms with Crippen molar-refractivity contribution < 1.29 is 14.5 Å². The fourth-order valence-corrected chi connectivity index (χ4v) is 1.67. The number of carbonyl (C=O) groups excluding carboxylic acids is 1. The highest BCUT2D eigenvalue weighted by Gasteiger charge is 2.21. The van der Waals surface area contributed by atoms with Crippen LogP contribution in [0.25, 0.3) is 0 Å². The number of non-ortho nitro benzene ring substituents is 1. The van der Waals surface area contributed by atoms with E-state index in [4.69, 9.17) is 4.74 Å². The summed E-state index contributed by atoms with van der Waals surface area (Å²) in [5.41, 5.74) is 0.0614. The van der Waals surface area contributed by atoms with Gasteiger partial charge in [0, 0.05) is 25.2 Å². The smallest absolute Gasteiger partial charge is 0.410 e. The van der Waals surface area contributed by atoms with E-state index in [1.54, 1.807) is 39.0 Å². The van der Waals surface area contributed by atoms with Crippen molar-refractivity contribution in [1.29, 1.82) is 0 Å². The summed E-state index contributed by atoms with van der Waals surface area (Å²) in [6, 6.07) is 6.18. The molecule has 1 amide bonds. The second kappa shape index (κ2) is 6.88. The average molecular weight is 292 g/mol. The summed E-state index contributed by atoms with van der Waals surface area (Å²) >= 11 is 0. The van der Waals surface area contributed by atoms with Crippen molar-refractivity contribution in [3.8, 4) is 0 Å². The average Bonchev–Trinajstić information content (AvgIpc) is 2.36. The SMILES string of the molecule is C=CCN(Cc1cccc([N+](=O)[O-])c1)C(=O)OC(C)(C)C. The molecule has 0 aliphatic heterocycles. The first-order valence-corrected chi connectivity index (χ1v) is 6.55. The van der Waals surface area contributed by atoms with Crippen LogP contribution in [-0.2, 0) is 11.3 Å². The van der Waals surface area contributed by atoms with Crippen LogP contribution in [0.2, 0.25) is 0 Å². The van der Waals surface area contributed by atoms with E-state index in [0.29, 0.717) is 12.1 Å². The van der Waals surface area contributed by atoms with E-state index in [1.807, 2.05) is 0 Å². The number of nitro groups is 1. The summed E-state index contributed by atoms with van der Waals surface area (Å²) in [5.74, 6) is 0. The van der Waals surface area contributed by atoms with E-state index < -0.39 is 16.6 Å². The van der Waals surface area contributed by atoms with Crippen LogP contribution in [0.5, 0.6) is 0 Å². The second-order valence-corrected chi connectivity index (χ2v) is 5.58. The summed E-state index contributed by atoms with van der Waals surface area (Å²) < 4.78 is 5.31. The lowest BCUT2D eigenvalue weighted by Gasteiger charge is -2.26. The molecule has 6 heteroatoms. The Kier molecular flexibility index (Phi) is 5.46. The zero-order valence-corrected chi connectivity index (χ0v) is 12.5. The summed E-state index contributed by atoms with van der Waals surface area (Å²) in [4.78, 5) is 23.8. The number of amides is 1. The van der Waals surface area contributed by atoms with E-state index in [1.165, 1.54) is 17.0 Å². The number of hydrogen-bond donors (Lipinski definition) is 0. The molecule has 0 N–H and O–H groups in total. The summed E-state index contributed by atoms with van der Waals surface area (Å²) in [6.07, 6.45) is 1.11. The Labute approximate surface area is 124 Å².